The van der Waals surface area contributed by atoms with Gasteiger partial charge in [-0.15, -0.1) is 0 Å². The summed E-state index contributed by atoms with van der Waals surface area (Å²) in [6, 6.07) is 4.90. The molecule has 1 aromatic carbocycles. The van der Waals surface area contributed by atoms with Crippen molar-refractivity contribution in [1.82, 2.24) is 5.32 Å². The molecular weight excluding hydrogens is 354 g/mol. The van der Waals surface area contributed by atoms with E-state index >= 15 is 0 Å². The molecule has 130 valence electrons. The Morgan fingerprint density at radius 2 is 1.65 bits per heavy atom. The summed E-state index contributed by atoms with van der Waals surface area (Å²) in [7, 11) is 0. The minimum absolute atomic E-state index is 0.637. The molecule has 0 spiro atoms. The Morgan fingerprint density at radius 3 is 2.30 bits per heavy atom. The van der Waals surface area contributed by atoms with Gasteiger partial charge in [-0.1, -0.05) is 32.1 Å². The summed E-state index contributed by atoms with van der Waals surface area (Å²) in [5.41, 5.74) is 1.24. The van der Waals surface area contributed by atoms with E-state index < -0.39 is 0 Å². The summed E-state index contributed by atoms with van der Waals surface area (Å²) in [4.78, 5) is 0. The van der Waals surface area contributed by atoms with Crippen molar-refractivity contribution in [2.45, 2.75) is 71.4 Å². The number of hydrogen-bond donors (Lipinski definition) is 1. The third-order valence-corrected chi connectivity index (χ3v) is 4.95. The maximum absolute atomic E-state index is 5.76. The van der Waals surface area contributed by atoms with Gasteiger partial charge in [0.2, 0.25) is 0 Å². The first kappa shape index (κ1) is 18.6. The van der Waals surface area contributed by atoms with Crippen LogP contribution in [0.15, 0.2) is 16.6 Å². The van der Waals surface area contributed by atoms with Crippen molar-refractivity contribution in [2.75, 3.05) is 13.2 Å². The molecule has 0 bridgehead atoms. The first-order valence-corrected chi connectivity index (χ1v) is 9.85. The number of ether oxygens (including phenoxy) is 2. The SMILES string of the molecule is CCOc1cc(CNC2CCCCCCC2)cc(Br)c1OCC. The molecule has 0 amide bonds. The van der Waals surface area contributed by atoms with Crippen LogP contribution >= 0.6 is 15.9 Å². The highest BCUT2D eigenvalue weighted by atomic mass is 79.9. The molecule has 0 aliphatic heterocycles. The Hall–Kier alpha value is -0.740. The second-order valence-corrected chi connectivity index (χ2v) is 7.05. The third kappa shape index (κ3) is 6.00. The lowest BCUT2D eigenvalue weighted by atomic mass is 9.96. The van der Waals surface area contributed by atoms with Crippen LogP contribution in [0.3, 0.4) is 0 Å². The molecule has 2 rings (SSSR count). The predicted octanol–water partition coefficient (Wildman–Crippen LogP) is 5.45. The quantitative estimate of drug-likeness (QED) is 0.678. The van der Waals surface area contributed by atoms with E-state index in [-0.39, 0.29) is 0 Å². The van der Waals surface area contributed by atoms with Gasteiger partial charge in [-0.3, -0.25) is 0 Å². The van der Waals surface area contributed by atoms with Crippen LogP contribution in [0.2, 0.25) is 0 Å². The second-order valence-electron chi connectivity index (χ2n) is 6.19. The Morgan fingerprint density at radius 1 is 1.00 bits per heavy atom. The lowest BCUT2D eigenvalue weighted by molar-refractivity contribution is 0.285. The Kier molecular flexibility index (Phi) is 8.24. The Labute approximate surface area is 149 Å². The zero-order valence-corrected chi connectivity index (χ0v) is 16.1. The van der Waals surface area contributed by atoms with Crippen molar-refractivity contribution in [3.63, 3.8) is 0 Å². The van der Waals surface area contributed by atoms with Crippen LogP contribution < -0.4 is 14.8 Å². The third-order valence-electron chi connectivity index (χ3n) is 4.36. The summed E-state index contributed by atoms with van der Waals surface area (Å²) in [5, 5.41) is 3.74. The highest BCUT2D eigenvalue weighted by molar-refractivity contribution is 9.10. The molecule has 0 heterocycles. The molecule has 1 aliphatic rings. The summed E-state index contributed by atoms with van der Waals surface area (Å²) in [6.07, 6.45) is 9.51. The van der Waals surface area contributed by atoms with Crippen LogP contribution in [0, 0.1) is 0 Å². The van der Waals surface area contributed by atoms with Crippen LogP contribution in [0.4, 0.5) is 0 Å². The fourth-order valence-corrected chi connectivity index (χ4v) is 3.80. The van der Waals surface area contributed by atoms with E-state index in [1.165, 1.54) is 50.5 Å². The zero-order valence-electron chi connectivity index (χ0n) is 14.5. The average Bonchev–Trinajstić information content (AvgIpc) is 2.50. The van der Waals surface area contributed by atoms with Gasteiger partial charge in [-0.05, 0) is 60.3 Å². The van der Waals surface area contributed by atoms with Crippen molar-refractivity contribution in [3.05, 3.63) is 22.2 Å². The van der Waals surface area contributed by atoms with Crippen LogP contribution in [0.5, 0.6) is 11.5 Å². The lowest BCUT2D eigenvalue weighted by Gasteiger charge is -2.22. The summed E-state index contributed by atoms with van der Waals surface area (Å²) in [6.45, 7) is 6.16. The van der Waals surface area contributed by atoms with Crippen molar-refractivity contribution < 1.29 is 9.47 Å². The van der Waals surface area contributed by atoms with E-state index in [4.69, 9.17) is 9.47 Å². The minimum Gasteiger partial charge on any atom is -0.490 e. The topological polar surface area (TPSA) is 30.5 Å². The van der Waals surface area contributed by atoms with Gasteiger partial charge in [0.25, 0.3) is 0 Å². The number of rotatable bonds is 7. The summed E-state index contributed by atoms with van der Waals surface area (Å²) in [5.74, 6) is 1.64. The van der Waals surface area contributed by atoms with Crippen LogP contribution in [-0.4, -0.2) is 19.3 Å². The molecule has 0 atom stereocenters. The molecular formula is C19H30BrNO2. The first-order valence-electron chi connectivity index (χ1n) is 9.06. The van der Waals surface area contributed by atoms with Gasteiger partial charge in [0.15, 0.2) is 11.5 Å². The Bertz CT molecular complexity index is 471. The highest BCUT2D eigenvalue weighted by Crippen LogP contribution is 2.37. The van der Waals surface area contributed by atoms with Crippen LogP contribution in [-0.2, 0) is 6.54 Å². The summed E-state index contributed by atoms with van der Waals surface area (Å²) < 4.78 is 12.4. The molecule has 1 aliphatic carbocycles. The van der Waals surface area contributed by atoms with Gasteiger partial charge in [0.05, 0.1) is 17.7 Å². The van der Waals surface area contributed by atoms with Gasteiger partial charge in [0, 0.05) is 12.6 Å². The maximum Gasteiger partial charge on any atom is 0.175 e. The van der Waals surface area contributed by atoms with Gasteiger partial charge in [-0.2, -0.15) is 0 Å². The minimum atomic E-state index is 0.637. The molecule has 23 heavy (non-hydrogen) atoms. The molecule has 1 saturated carbocycles. The zero-order chi connectivity index (χ0) is 16.5. The molecule has 0 aromatic heterocycles. The number of benzene rings is 1. The highest BCUT2D eigenvalue weighted by Gasteiger charge is 2.14. The van der Waals surface area contributed by atoms with Crippen molar-refractivity contribution >= 4 is 15.9 Å². The maximum atomic E-state index is 5.76. The largest absolute Gasteiger partial charge is 0.490 e. The van der Waals surface area contributed by atoms with E-state index in [1.54, 1.807) is 0 Å². The van der Waals surface area contributed by atoms with Gasteiger partial charge < -0.3 is 14.8 Å². The Balaban J connectivity index is 2.00. The predicted molar refractivity (Wildman–Crippen MR) is 99.4 cm³/mol. The molecule has 1 aromatic rings. The van der Waals surface area contributed by atoms with Crippen molar-refractivity contribution in [3.8, 4) is 11.5 Å². The van der Waals surface area contributed by atoms with Gasteiger partial charge >= 0.3 is 0 Å². The number of hydrogen-bond acceptors (Lipinski definition) is 3. The van der Waals surface area contributed by atoms with Gasteiger partial charge in [-0.25, -0.2) is 0 Å². The summed E-state index contributed by atoms with van der Waals surface area (Å²) >= 11 is 3.63. The molecule has 4 heteroatoms. The number of nitrogens with one attached hydrogen (secondary N) is 1. The van der Waals surface area contributed by atoms with E-state index in [9.17, 15) is 0 Å². The number of halogens is 1. The van der Waals surface area contributed by atoms with Crippen molar-refractivity contribution in [2.24, 2.45) is 0 Å². The van der Waals surface area contributed by atoms with E-state index in [0.29, 0.717) is 19.3 Å². The average molecular weight is 384 g/mol. The monoisotopic (exact) mass is 383 g/mol. The molecule has 0 radical (unpaired) electrons. The fraction of sp³-hybridized carbons (Fsp3) is 0.684. The molecule has 0 unspecified atom stereocenters. The van der Waals surface area contributed by atoms with Crippen LogP contribution in [0.25, 0.3) is 0 Å². The van der Waals surface area contributed by atoms with E-state index in [2.05, 4.69) is 33.4 Å². The first-order chi connectivity index (χ1) is 11.2. The second kappa shape index (κ2) is 10.2. The van der Waals surface area contributed by atoms with E-state index in [1.807, 2.05) is 13.8 Å². The van der Waals surface area contributed by atoms with Crippen molar-refractivity contribution in [1.29, 1.82) is 0 Å². The lowest BCUT2D eigenvalue weighted by Crippen LogP contribution is -2.29. The fourth-order valence-electron chi connectivity index (χ4n) is 3.19. The standard InChI is InChI=1S/C19H30BrNO2/c1-3-22-18-13-15(12-17(20)19(18)23-4-2)14-21-16-10-8-6-5-7-9-11-16/h12-13,16,21H,3-11,14H2,1-2H3. The molecule has 3 nitrogen and oxygen atoms in total. The van der Waals surface area contributed by atoms with Crippen LogP contribution in [0.1, 0.15) is 64.4 Å². The smallest absolute Gasteiger partial charge is 0.175 e. The van der Waals surface area contributed by atoms with Gasteiger partial charge in [0.1, 0.15) is 0 Å². The normalized spacial score (nSPS) is 16.7. The van der Waals surface area contributed by atoms with E-state index in [0.717, 1.165) is 22.5 Å². The molecule has 0 saturated heterocycles. The molecule has 1 N–H and O–H groups in total. The molecule has 1 fully saturated rings.